The molecule has 0 aliphatic heterocycles. The number of rotatable bonds is 2. The second-order valence-electron chi connectivity index (χ2n) is 2.17. The van der Waals surface area contributed by atoms with E-state index >= 15 is 0 Å². The summed E-state index contributed by atoms with van der Waals surface area (Å²) in [6, 6.07) is 1.30. The molecule has 0 atom stereocenters. The van der Waals surface area contributed by atoms with E-state index in [1.807, 2.05) is 0 Å². The average molecular weight is 197 g/mol. The molecule has 0 aliphatic carbocycles. The van der Waals surface area contributed by atoms with Gasteiger partial charge in [0.1, 0.15) is 11.4 Å². The van der Waals surface area contributed by atoms with E-state index in [0.717, 1.165) is 11.7 Å². The number of hydrogen-bond donors (Lipinski definition) is 1. The summed E-state index contributed by atoms with van der Waals surface area (Å²) in [5.74, 6) is -1.36. The third-order valence-corrected chi connectivity index (χ3v) is 1.82. The average Bonchev–Trinajstić information content (AvgIpc) is 2.75. The van der Waals surface area contributed by atoms with Crippen LogP contribution in [0.25, 0.3) is 11.4 Å². The fourth-order valence-electron chi connectivity index (χ4n) is 0.774. The molecule has 6 nitrogen and oxygen atoms in total. The van der Waals surface area contributed by atoms with Crippen molar-refractivity contribution in [3.8, 4) is 11.4 Å². The van der Waals surface area contributed by atoms with Gasteiger partial charge in [-0.15, -0.1) is 0 Å². The van der Waals surface area contributed by atoms with E-state index < -0.39 is 5.97 Å². The van der Waals surface area contributed by atoms with E-state index in [-0.39, 0.29) is 5.76 Å². The quantitative estimate of drug-likeness (QED) is 0.768. The Morgan fingerprint density at radius 1 is 1.54 bits per heavy atom. The van der Waals surface area contributed by atoms with Crippen LogP contribution in [0.2, 0.25) is 0 Å². The number of nitrogens with zero attached hydrogens (tertiary/aromatic N) is 3. The lowest BCUT2D eigenvalue weighted by atomic mass is 10.3. The molecule has 0 saturated heterocycles. The number of aromatic carboxylic acids is 1. The lowest BCUT2D eigenvalue weighted by Gasteiger charge is -1.79. The minimum atomic E-state index is -1.15. The SMILES string of the molecule is O=C(O)c1cc(-c2cnsn2)no1. The van der Waals surface area contributed by atoms with Crippen LogP contribution in [0.5, 0.6) is 0 Å². The first-order valence-corrected chi connectivity index (χ1v) is 3.98. The zero-order chi connectivity index (χ0) is 9.26. The molecule has 0 unspecified atom stereocenters. The van der Waals surface area contributed by atoms with E-state index in [4.69, 9.17) is 5.11 Å². The molecule has 0 amide bonds. The minimum Gasteiger partial charge on any atom is -0.475 e. The summed E-state index contributed by atoms with van der Waals surface area (Å²) in [4.78, 5) is 10.4. The lowest BCUT2D eigenvalue weighted by molar-refractivity contribution is 0.0652. The number of carboxylic acids is 1. The van der Waals surface area contributed by atoms with E-state index in [1.54, 1.807) is 0 Å². The van der Waals surface area contributed by atoms with Crippen molar-refractivity contribution in [1.29, 1.82) is 0 Å². The standard InChI is InChI=1S/C6H3N3O3S/c10-6(11)5-1-3(8-12-5)4-2-7-13-9-4/h1-2H,(H,10,11). The first-order chi connectivity index (χ1) is 6.27. The van der Waals surface area contributed by atoms with Crippen LogP contribution in [0.3, 0.4) is 0 Å². The van der Waals surface area contributed by atoms with Crippen molar-refractivity contribution >= 4 is 17.7 Å². The zero-order valence-corrected chi connectivity index (χ0v) is 6.98. The third kappa shape index (κ3) is 1.41. The Morgan fingerprint density at radius 2 is 2.38 bits per heavy atom. The Balaban J connectivity index is 2.39. The molecule has 7 heteroatoms. The van der Waals surface area contributed by atoms with Gasteiger partial charge in [0.2, 0.25) is 5.76 Å². The van der Waals surface area contributed by atoms with Crippen LogP contribution in [-0.2, 0) is 0 Å². The highest BCUT2D eigenvalue weighted by Gasteiger charge is 2.13. The molecular weight excluding hydrogens is 194 g/mol. The predicted molar refractivity (Wildman–Crippen MR) is 42.4 cm³/mol. The molecule has 2 heterocycles. The molecule has 2 aromatic rings. The van der Waals surface area contributed by atoms with Crippen LogP contribution in [0.4, 0.5) is 0 Å². The second-order valence-corrected chi connectivity index (χ2v) is 2.73. The van der Waals surface area contributed by atoms with Gasteiger partial charge in [-0.3, -0.25) is 0 Å². The van der Waals surface area contributed by atoms with Gasteiger partial charge in [0.15, 0.2) is 0 Å². The maximum Gasteiger partial charge on any atom is 0.374 e. The van der Waals surface area contributed by atoms with E-state index in [9.17, 15) is 4.79 Å². The van der Waals surface area contributed by atoms with E-state index in [0.29, 0.717) is 11.4 Å². The van der Waals surface area contributed by atoms with Crippen LogP contribution < -0.4 is 0 Å². The molecule has 0 spiro atoms. The normalized spacial score (nSPS) is 10.2. The molecule has 0 aromatic carbocycles. The summed E-state index contributed by atoms with van der Waals surface area (Å²) in [5.41, 5.74) is 0.896. The Morgan fingerprint density at radius 3 is 2.92 bits per heavy atom. The summed E-state index contributed by atoms with van der Waals surface area (Å²) in [6.45, 7) is 0. The second kappa shape index (κ2) is 2.94. The van der Waals surface area contributed by atoms with Gasteiger partial charge >= 0.3 is 5.97 Å². The molecule has 0 saturated carbocycles. The van der Waals surface area contributed by atoms with Crippen molar-refractivity contribution in [2.24, 2.45) is 0 Å². The number of carboxylic acid groups (broad SMARTS) is 1. The minimum absolute atomic E-state index is 0.206. The lowest BCUT2D eigenvalue weighted by Crippen LogP contribution is -1.91. The summed E-state index contributed by atoms with van der Waals surface area (Å²) < 4.78 is 12.2. The van der Waals surface area contributed by atoms with Gasteiger partial charge < -0.3 is 9.63 Å². The van der Waals surface area contributed by atoms with Crippen LogP contribution in [-0.4, -0.2) is 25.0 Å². The first kappa shape index (κ1) is 7.87. The molecule has 0 bridgehead atoms. The molecule has 66 valence electrons. The maximum absolute atomic E-state index is 10.4. The summed E-state index contributed by atoms with van der Waals surface area (Å²) in [7, 11) is 0. The van der Waals surface area contributed by atoms with Gasteiger partial charge in [-0.1, -0.05) is 5.16 Å². The van der Waals surface area contributed by atoms with Gasteiger partial charge in [-0.05, 0) is 0 Å². The fraction of sp³-hybridized carbons (Fsp3) is 0. The van der Waals surface area contributed by atoms with Gasteiger partial charge in [0.25, 0.3) is 0 Å². The molecule has 2 rings (SSSR count). The Bertz CT molecular complexity index is 422. The number of carbonyl (C=O) groups is 1. The monoisotopic (exact) mass is 197 g/mol. The summed E-state index contributed by atoms with van der Waals surface area (Å²) in [5, 5.41) is 12.1. The molecule has 13 heavy (non-hydrogen) atoms. The van der Waals surface area contributed by atoms with Crippen LogP contribution >= 0.6 is 11.7 Å². The molecule has 2 aromatic heterocycles. The van der Waals surface area contributed by atoms with Crippen molar-refractivity contribution in [3.63, 3.8) is 0 Å². The van der Waals surface area contributed by atoms with Crippen molar-refractivity contribution in [2.75, 3.05) is 0 Å². The van der Waals surface area contributed by atoms with Crippen molar-refractivity contribution in [2.45, 2.75) is 0 Å². The van der Waals surface area contributed by atoms with E-state index in [2.05, 4.69) is 18.4 Å². The van der Waals surface area contributed by atoms with Crippen LogP contribution in [0, 0.1) is 0 Å². The van der Waals surface area contributed by atoms with Gasteiger partial charge in [0.05, 0.1) is 17.9 Å². The highest BCUT2D eigenvalue weighted by atomic mass is 32.1. The summed E-state index contributed by atoms with van der Waals surface area (Å²) in [6.07, 6.45) is 1.49. The Hall–Kier alpha value is -1.76. The molecular formula is C6H3N3O3S. The molecule has 1 N–H and O–H groups in total. The van der Waals surface area contributed by atoms with Gasteiger partial charge in [0, 0.05) is 6.07 Å². The van der Waals surface area contributed by atoms with Crippen molar-refractivity contribution < 1.29 is 14.4 Å². The Labute approximate surface area is 76.1 Å². The highest BCUT2D eigenvalue weighted by Crippen LogP contribution is 2.16. The van der Waals surface area contributed by atoms with Crippen LogP contribution in [0.1, 0.15) is 10.6 Å². The van der Waals surface area contributed by atoms with Crippen LogP contribution in [0.15, 0.2) is 16.8 Å². The fourth-order valence-corrected chi connectivity index (χ4v) is 1.20. The number of hydrogen-bond acceptors (Lipinski definition) is 6. The van der Waals surface area contributed by atoms with Crippen molar-refractivity contribution in [1.82, 2.24) is 13.9 Å². The van der Waals surface area contributed by atoms with Gasteiger partial charge in [-0.2, -0.15) is 8.75 Å². The predicted octanol–water partition coefficient (Wildman–Crippen LogP) is 0.891. The summed E-state index contributed by atoms with van der Waals surface area (Å²) >= 11 is 1.02. The molecule has 0 radical (unpaired) electrons. The topological polar surface area (TPSA) is 89.1 Å². The Kier molecular flexibility index (Phi) is 1.78. The zero-order valence-electron chi connectivity index (χ0n) is 6.17. The van der Waals surface area contributed by atoms with E-state index in [1.165, 1.54) is 12.3 Å². The van der Waals surface area contributed by atoms with Crippen molar-refractivity contribution in [3.05, 3.63) is 18.0 Å². The smallest absolute Gasteiger partial charge is 0.374 e. The third-order valence-electron chi connectivity index (χ3n) is 1.34. The first-order valence-electron chi connectivity index (χ1n) is 3.25. The largest absolute Gasteiger partial charge is 0.475 e. The van der Waals surface area contributed by atoms with Gasteiger partial charge in [-0.25, -0.2) is 4.79 Å². The highest BCUT2D eigenvalue weighted by molar-refractivity contribution is 6.99. The molecule has 0 fully saturated rings. The maximum atomic E-state index is 10.4. The molecule has 0 aliphatic rings. The number of aromatic nitrogens is 3.